The molecule has 0 bridgehead atoms. The van der Waals surface area contributed by atoms with Crippen LogP contribution in [0.3, 0.4) is 0 Å². The molecule has 1 saturated carbocycles. The van der Waals surface area contributed by atoms with Gasteiger partial charge in [-0.1, -0.05) is 26.2 Å². The van der Waals surface area contributed by atoms with Crippen LogP contribution in [0.1, 0.15) is 58.3 Å². The maximum atomic E-state index is 3.85. The number of likely N-dealkylation sites (tertiary alicyclic amines) is 1. The molecule has 1 N–H and O–H groups in total. The average molecular weight is 296 g/mol. The minimum atomic E-state index is 0.710. The lowest BCUT2D eigenvalue weighted by molar-refractivity contribution is 0.172. The highest BCUT2D eigenvalue weighted by molar-refractivity contribution is 4.84. The molecule has 2 atom stereocenters. The molecule has 0 aromatic carbocycles. The van der Waals surface area contributed by atoms with Gasteiger partial charge >= 0.3 is 0 Å². The van der Waals surface area contributed by atoms with Gasteiger partial charge in [0.05, 0.1) is 0 Å². The third-order valence-corrected chi connectivity index (χ3v) is 5.58. The van der Waals surface area contributed by atoms with Crippen LogP contribution in [-0.4, -0.2) is 62.2 Å². The molecular weight excluding hydrogens is 258 g/mol. The summed E-state index contributed by atoms with van der Waals surface area (Å²) in [6, 6.07) is 1.50. The van der Waals surface area contributed by atoms with E-state index in [2.05, 4.69) is 36.1 Å². The van der Waals surface area contributed by atoms with Gasteiger partial charge in [-0.05, 0) is 65.2 Å². The van der Waals surface area contributed by atoms with Crippen LogP contribution >= 0.6 is 0 Å². The Labute approximate surface area is 132 Å². The Morgan fingerprint density at radius 3 is 2.52 bits per heavy atom. The zero-order chi connectivity index (χ0) is 15.1. The van der Waals surface area contributed by atoms with Gasteiger partial charge in [-0.25, -0.2) is 0 Å². The largest absolute Gasteiger partial charge is 0.312 e. The molecule has 2 fully saturated rings. The van der Waals surface area contributed by atoms with E-state index < -0.39 is 0 Å². The molecule has 1 heterocycles. The van der Waals surface area contributed by atoms with Gasteiger partial charge in [0, 0.05) is 25.2 Å². The molecule has 2 unspecified atom stereocenters. The standard InChI is InChI=1S/C18H37N3/c1-4-12-19-18(16-9-6-5-7-10-16)15-20(2)14-17-11-8-13-21(17)3/h16-19H,4-15H2,1-3H3. The Morgan fingerprint density at radius 2 is 1.90 bits per heavy atom. The van der Waals surface area contributed by atoms with Crippen LogP contribution in [0.4, 0.5) is 0 Å². The molecule has 1 saturated heterocycles. The Morgan fingerprint density at radius 1 is 1.14 bits per heavy atom. The van der Waals surface area contributed by atoms with E-state index in [0.717, 1.165) is 12.0 Å². The zero-order valence-corrected chi connectivity index (χ0v) is 14.6. The highest BCUT2D eigenvalue weighted by Gasteiger charge is 2.26. The summed E-state index contributed by atoms with van der Waals surface area (Å²) >= 11 is 0. The van der Waals surface area contributed by atoms with Crippen LogP contribution in [-0.2, 0) is 0 Å². The number of likely N-dealkylation sites (N-methyl/N-ethyl adjacent to an activating group) is 2. The fourth-order valence-corrected chi connectivity index (χ4v) is 4.23. The molecule has 0 spiro atoms. The minimum Gasteiger partial charge on any atom is -0.312 e. The Hall–Kier alpha value is -0.120. The van der Waals surface area contributed by atoms with E-state index in [-0.39, 0.29) is 0 Å². The van der Waals surface area contributed by atoms with E-state index in [0.29, 0.717) is 6.04 Å². The van der Waals surface area contributed by atoms with Gasteiger partial charge in [-0.3, -0.25) is 0 Å². The van der Waals surface area contributed by atoms with Crippen molar-refractivity contribution in [3.05, 3.63) is 0 Å². The topological polar surface area (TPSA) is 18.5 Å². The second-order valence-electron chi connectivity index (χ2n) is 7.46. The average Bonchev–Trinajstić information content (AvgIpc) is 2.89. The fourth-order valence-electron chi connectivity index (χ4n) is 4.23. The van der Waals surface area contributed by atoms with Crippen LogP contribution in [0.2, 0.25) is 0 Å². The Balaban J connectivity index is 1.81. The number of hydrogen-bond acceptors (Lipinski definition) is 3. The van der Waals surface area contributed by atoms with Gasteiger partial charge < -0.3 is 15.1 Å². The smallest absolute Gasteiger partial charge is 0.0223 e. The first-order valence-corrected chi connectivity index (χ1v) is 9.33. The summed E-state index contributed by atoms with van der Waals surface area (Å²) in [6.45, 7) is 7.22. The molecule has 21 heavy (non-hydrogen) atoms. The molecule has 1 aliphatic heterocycles. The van der Waals surface area contributed by atoms with Crippen LogP contribution < -0.4 is 5.32 Å². The normalized spacial score (nSPS) is 26.6. The Bertz CT molecular complexity index is 276. The molecule has 0 aromatic heterocycles. The second kappa shape index (κ2) is 9.12. The highest BCUT2D eigenvalue weighted by atomic mass is 15.2. The molecule has 3 heteroatoms. The first-order valence-electron chi connectivity index (χ1n) is 9.33. The summed E-state index contributed by atoms with van der Waals surface area (Å²) < 4.78 is 0. The van der Waals surface area contributed by atoms with Crippen molar-refractivity contribution < 1.29 is 0 Å². The van der Waals surface area contributed by atoms with Gasteiger partial charge in [-0.2, -0.15) is 0 Å². The quantitative estimate of drug-likeness (QED) is 0.743. The maximum Gasteiger partial charge on any atom is 0.0223 e. The van der Waals surface area contributed by atoms with E-state index in [1.807, 2.05) is 0 Å². The molecule has 1 aliphatic carbocycles. The molecule has 0 amide bonds. The number of nitrogens with zero attached hydrogens (tertiary/aromatic N) is 2. The van der Waals surface area contributed by atoms with Crippen LogP contribution in [0.5, 0.6) is 0 Å². The van der Waals surface area contributed by atoms with Gasteiger partial charge in [0.25, 0.3) is 0 Å². The lowest BCUT2D eigenvalue weighted by atomic mass is 9.83. The number of hydrogen-bond donors (Lipinski definition) is 1. The summed E-state index contributed by atoms with van der Waals surface area (Å²) in [5, 5.41) is 3.85. The van der Waals surface area contributed by atoms with Crippen molar-refractivity contribution in [1.82, 2.24) is 15.1 Å². The highest BCUT2D eigenvalue weighted by Crippen LogP contribution is 2.27. The van der Waals surface area contributed by atoms with Crippen molar-refractivity contribution in [2.24, 2.45) is 5.92 Å². The van der Waals surface area contributed by atoms with Crippen LogP contribution in [0, 0.1) is 5.92 Å². The third kappa shape index (κ3) is 5.54. The Kier molecular flexibility index (Phi) is 7.48. The van der Waals surface area contributed by atoms with Crippen molar-refractivity contribution >= 4 is 0 Å². The van der Waals surface area contributed by atoms with Crippen molar-refractivity contribution in [3.63, 3.8) is 0 Å². The number of nitrogens with one attached hydrogen (secondary N) is 1. The summed E-state index contributed by atoms with van der Waals surface area (Å²) in [6.07, 6.45) is 11.3. The molecule has 124 valence electrons. The SMILES string of the molecule is CCCNC(CN(C)CC1CCCN1C)C1CCCCC1. The zero-order valence-electron chi connectivity index (χ0n) is 14.6. The predicted molar refractivity (Wildman–Crippen MR) is 91.8 cm³/mol. The first-order chi connectivity index (χ1) is 10.2. The molecule has 0 aromatic rings. The summed E-state index contributed by atoms with van der Waals surface area (Å²) in [5.41, 5.74) is 0. The van der Waals surface area contributed by atoms with Gasteiger partial charge in [0.1, 0.15) is 0 Å². The van der Waals surface area contributed by atoms with Crippen molar-refractivity contribution in [1.29, 1.82) is 0 Å². The van der Waals surface area contributed by atoms with E-state index in [4.69, 9.17) is 0 Å². The van der Waals surface area contributed by atoms with Gasteiger partial charge in [-0.15, -0.1) is 0 Å². The monoisotopic (exact) mass is 295 g/mol. The second-order valence-corrected chi connectivity index (χ2v) is 7.46. The van der Waals surface area contributed by atoms with Crippen molar-refractivity contribution in [2.75, 3.05) is 40.3 Å². The third-order valence-electron chi connectivity index (χ3n) is 5.58. The van der Waals surface area contributed by atoms with Gasteiger partial charge in [0.15, 0.2) is 0 Å². The fraction of sp³-hybridized carbons (Fsp3) is 1.00. The lowest BCUT2D eigenvalue weighted by Gasteiger charge is -2.35. The molecule has 2 aliphatic rings. The summed E-state index contributed by atoms with van der Waals surface area (Å²) in [4.78, 5) is 5.14. The van der Waals surface area contributed by atoms with Crippen molar-refractivity contribution in [2.45, 2.75) is 70.4 Å². The van der Waals surface area contributed by atoms with E-state index in [1.54, 1.807) is 0 Å². The predicted octanol–water partition coefficient (Wildman–Crippen LogP) is 2.96. The van der Waals surface area contributed by atoms with Crippen molar-refractivity contribution in [3.8, 4) is 0 Å². The van der Waals surface area contributed by atoms with Gasteiger partial charge in [0.2, 0.25) is 0 Å². The molecular formula is C18H37N3. The van der Waals surface area contributed by atoms with Crippen LogP contribution in [0.25, 0.3) is 0 Å². The molecule has 2 rings (SSSR count). The molecule has 0 radical (unpaired) electrons. The van der Waals surface area contributed by atoms with E-state index in [1.165, 1.54) is 77.5 Å². The summed E-state index contributed by atoms with van der Waals surface area (Å²) in [7, 11) is 4.62. The lowest BCUT2D eigenvalue weighted by Crippen LogP contribution is -2.48. The number of rotatable bonds is 8. The summed E-state index contributed by atoms with van der Waals surface area (Å²) in [5.74, 6) is 0.911. The molecule has 3 nitrogen and oxygen atoms in total. The maximum absolute atomic E-state index is 3.85. The minimum absolute atomic E-state index is 0.710. The first kappa shape index (κ1) is 17.2. The van der Waals surface area contributed by atoms with E-state index in [9.17, 15) is 0 Å². The van der Waals surface area contributed by atoms with Crippen LogP contribution in [0.15, 0.2) is 0 Å². The van der Waals surface area contributed by atoms with E-state index >= 15 is 0 Å².